The molecule has 3 N–H and O–H groups in total. The van der Waals surface area contributed by atoms with Gasteiger partial charge in [-0.3, -0.25) is 4.79 Å². The largest absolute Gasteiger partial charge is 0.389 e. The smallest absolute Gasteiger partial charge is 0.217 e. The van der Waals surface area contributed by atoms with Gasteiger partial charge in [0.2, 0.25) is 5.91 Å². The van der Waals surface area contributed by atoms with Crippen LogP contribution in [0.4, 0.5) is 8.78 Å². The molecular formula is C25H38F2N2O3. The fourth-order valence-corrected chi connectivity index (χ4v) is 5.49. The van der Waals surface area contributed by atoms with E-state index in [1.165, 1.54) is 31.9 Å². The van der Waals surface area contributed by atoms with Crippen molar-refractivity contribution in [2.75, 3.05) is 7.11 Å². The van der Waals surface area contributed by atoms with Crippen LogP contribution < -0.4 is 10.6 Å². The van der Waals surface area contributed by atoms with Crippen molar-refractivity contribution < 1.29 is 23.4 Å². The van der Waals surface area contributed by atoms with Gasteiger partial charge in [-0.15, -0.1) is 0 Å². The number of ether oxygens (including phenoxy) is 1. The van der Waals surface area contributed by atoms with E-state index in [0.29, 0.717) is 23.6 Å². The van der Waals surface area contributed by atoms with Gasteiger partial charge in [-0.05, 0) is 68.6 Å². The number of rotatable bonds is 9. The van der Waals surface area contributed by atoms with Crippen LogP contribution in [0.15, 0.2) is 18.2 Å². The van der Waals surface area contributed by atoms with Gasteiger partial charge in [0, 0.05) is 32.2 Å². The Morgan fingerprint density at radius 1 is 1.16 bits per heavy atom. The molecule has 1 aromatic carbocycles. The highest BCUT2D eigenvalue weighted by Gasteiger charge is 2.33. The van der Waals surface area contributed by atoms with Gasteiger partial charge in [0.1, 0.15) is 11.6 Å². The van der Waals surface area contributed by atoms with E-state index in [2.05, 4.69) is 10.6 Å². The third kappa shape index (κ3) is 7.49. The molecule has 32 heavy (non-hydrogen) atoms. The average molecular weight is 453 g/mol. The third-order valence-corrected chi connectivity index (χ3v) is 7.10. The number of nitrogens with one attached hydrogen (secondary N) is 2. The predicted molar refractivity (Wildman–Crippen MR) is 120 cm³/mol. The molecule has 2 fully saturated rings. The fraction of sp³-hybridized carbons (Fsp3) is 0.720. The molecule has 1 saturated heterocycles. The summed E-state index contributed by atoms with van der Waals surface area (Å²) in [5.41, 5.74) is 0.414. The number of hydrogen-bond donors (Lipinski definition) is 3. The van der Waals surface area contributed by atoms with Gasteiger partial charge in [0.15, 0.2) is 0 Å². The van der Waals surface area contributed by atoms with Crippen molar-refractivity contribution in [1.82, 2.24) is 10.6 Å². The van der Waals surface area contributed by atoms with Crippen molar-refractivity contribution in [1.29, 1.82) is 0 Å². The van der Waals surface area contributed by atoms with E-state index in [4.69, 9.17) is 4.74 Å². The minimum absolute atomic E-state index is 0.165. The second kappa shape index (κ2) is 12.1. The molecule has 1 aromatic rings. The zero-order valence-corrected chi connectivity index (χ0v) is 19.3. The number of carbonyl (C=O) groups excluding carboxylic acids is 1. The van der Waals surface area contributed by atoms with Crippen LogP contribution in [0.3, 0.4) is 0 Å². The first kappa shape index (κ1) is 25.1. The first-order valence-corrected chi connectivity index (χ1v) is 12.0. The van der Waals surface area contributed by atoms with Gasteiger partial charge >= 0.3 is 0 Å². The van der Waals surface area contributed by atoms with Crippen LogP contribution >= 0.6 is 0 Å². The highest BCUT2D eigenvalue weighted by Crippen LogP contribution is 2.31. The predicted octanol–water partition coefficient (Wildman–Crippen LogP) is 3.87. The van der Waals surface area contributed by atoms with Crippen molar-refractivity contribution in [2.45, 2.75) is 101 Å². The molecular weight excluding hydrogens is 414 g/mol. The number of hydrogen-bond acceptors (Lipinski definition) is 4. The van der Waals surface area contributed by atoms with E-state index >= 15 is 0 Å². The Kier molecular flexibility index (Phi) is 9.44. The maximum absolute atomic E-state index is 13.6. The molecule has 0 bridgehead atoms. The topological polar surface area (TPSA) is 70.6 Å². The molecule has 0 spiro atoms. The number of aliphatic hydroxyl groups is 1. The molecule has 1 saturated carbocycles. The second-order valence-corrected chi connectivity index (χ2v) is 9.65. The molecule has 1 aliphatic carbocycles. The Morgan fingerprint density at radius 3 is 2.56 bits per heavy atom. The van der Waals surface area contributed by atoms with Crippen molar-refractivity contribution in [3.05, 3.63) is 35.4 Å². The number of amides is 1. The number of carbonyl (C=O) groups is 1. The van der Waals surface area contributed by atoms with Gasteiger partial charge in [-0.25, -0.2) is 8.78 Å². The quantitative estimate of drug-likeness (QED) is 0.532. The van der Waals surface area contributed by atoms with E-state index in [1.807, 2.05) is 0 Å². The summed E-state index contributed by atoms with van der Waals surface area (Å²) < 4.78 is 32.8. The zero-order chi connectivity index (χ0) is 23.1. The molecule has 7 heteroatoms. The summed E-state index contributed by atoms with van der Waals surface area (Å²) >= 11 is 0. The lowest BCUT2D eigenvalue weighted by atomic mass is 9.82. The summed E-state index contributed by atoms with van der Waals surface area (Å²) in [7, 11) is 1.80. The molecule has 1 amide bonds. The minimum Gasteiger partial charge on any atom is -0.389 e. The van der Waals surface area contributed by atoms with E-state index in [9.17, 15) is 18.7 Å². The molecule has 180 valence electrons. The minimum atomic E-state index is -0.847. The number of halogens is 2. The average Bonchev–Trinajstić information content (AvgIpc) is 2.76. The Morgan fingerprint density at radius 2 is 1.88 bits per heavy atom. The molecule has 3 rings (SSSR count). The number of benzene rings is 1. The Balaban J connectivity index is 1.57. The van der Waals surface area contributed by atoms with E-state index in [1.54, 1.807) is 7.11 Å². The molecule has 6 unspecified atom stereocenters. The molecule has 0 radical (unpaired) electrons. The summed E-state index contributed by atoms with van der Waals surface area (Å²) in [6.07, 6.45) is 9.56. The van der Waals surface area contributed by atoms with Crippen molar-refractivity contribution >= 4 is 5.91 Å². The zero-order valence-electron chi connectivity index (χ0n) is 19.3. The first-order chi connectivity index (χ1) is 15.3. The number of methoxy groups -OCH3 is 1. The fourth-order valence-electron chi connectivity index (χ4n) is 5.49. The summed E-state index contributed by atoms with van der Waals surface area (Å²) in [5.74, 6) is -0.908. The molecule has 0 aromatic heterocycles. The van der Waals surface area contributed by atoms with E-state index < -0.39 is 23.8 Å². The monoisotopic (exact) mass is 452 g/mol. The van der Waals surface area contributed by atoms with Crippen LogP contribution in [0.1, 0.15) is 70.3 Å². The van der Waals surface area contributed by atoms with Crippen LogP contribution in [-0.4, -0.2) is 48.5 Å². The number of aliphatic hydroxyl groups excluding tert-OH is 1. The van der Waals surface area contributed by atoms with Crippen LogP contribution in [0, 0.1) is 17.6 Å². The Bertz CT molecular complexity index is 728. The molecule has 1 aliphatic heterocycles. The van der Waals surface area contributed by atoms with Gasteiger partial charge in [-0.1, -0.05) is 19.3 Å². The summed E-state index contributed by atoms with van der Waals surface area (Å²) in [6, 6.07) is 2.86. The number of piperidine rings is 1. The van der Waals surface area contributed by atoms with E-state index in [0.717, 1.165) is 51.0 Å². The van der Waals surface area contributed by atoms with Crippen molar-refractivity contribution in [3.8, 4) is 0 Å². The van der Waals surface area contributed by atoms with Crippen LogP contribution in [-0.2, 0) is 16.0 Å². The molecule has 1 heterocycles. The second-order valence-electron chi connectivity index (χ2n) is 9.65. The SMILES string of the molecule is COC1CCCC(CCC2CCCC(C(O)C(Cc3cc(F)cc(F)c3)NC(C)=O)N2)C1. The lowest BCUT2D eigenvalue weighted by molar-refractivity contribution is -0.120. The maximum Gasteiger partial charge on any atom is 0.217 e. The lowest BCUT2D eigenvalue weighted by Gasteiger charge is -2.38. The molecule has 6 atom stereocenters. The van der Waals surface area contributed by atoms with Crippen molar-refractivity contribution in [2.24, 2.45) is 5.92 Å². The highest BCUT2D eigenvalue weighted by molar-refractivity contribution is 5.73. The highest BCUT2D eigenvalue weighted by atomic mass is 19.1. The van der Waals surface area contributed by atoms with Gasteiger partial charge < -0.3 is 20.5 Å². The third-order valence-electron chi connectivity index (χ3n) is 7.10. The normalized spacial score (nSPS) is 28.2. The Hall–Kier alpha value is -1.57. The molecule has 5 nitrogen and oxygen atoms in total. The maximum atomic E-state index is 13.6. The molecule has 2 aliphatic rings. The lowest BCUT2D eigenvalue weighted by Crippen LogP contribution is -2.57. The standard InChI is InChI=1S/C25H38F2N2O3/c1-16(30)28-24(14-18-11-19(26)15-20(27)12-18)25(31)23-8-4-6-21(29-23)10-9-17-5-3-7-22(13-17)32-2/h11-12,15,17,21-25,29,31H,3-10,13-14H2,1-2H3,(H,28,30). The Labute approximate surface area is 190 Å². The van der Waals surface area contributed by atoms with Crippen LogP contribution in [0.2, 0.25) is 0 Å². The van der Waals surface area contributed by atoms with Gasteiger partial charge in [-0.2, -0.15) is 0 Å². The van der Waals surface area contributed by atoms with E-state index in [-0.39, 0.29) is 18.4 Å². The summed E-state index contributed by atoms with van der Waals surface area (Å²) in [4.78, 5) is 11.8. The van der Waals surface area contributed by atoms with Gasteiger partial charge in [0.05, 0.1) is 18.2 Å². The summed E-state index contributed by atoms with van der Waals surface area (Å²) in [5, 5.41) is 17.5. The van der Waals surface area contributed by atoms with Crippen LogP contribution in [0.25, 0.3) is 0 Å². The van der Waals surface area contributed by atoms with Crippen LogP contribution in [0.5, 0.6) is 0 Å². The van der Waals surface area contributed by atoms with Crippen molar-refractivity contribution in [3.63, 3.8) is 0 Å². The first-order valence-electron chi connectivity index (χ1n) is 12.0. The van der Waals surface area contributed by atoms with Gasteiger partial charge in [0.25, 0.3) is 0 Å². The summed E-state index contributed by atoms with van der Waals surface area (Å²) in [6.45, 7) is 1.39.